The highest BCUT2D eigenvalue weighted by atomic mass is 35.5. The maximum atomic E-state index is 5.89. The van der Waals surface area contributed by atoms with Gasteiger partial charge in [0, 0.05) is 17.9 Å². The minimum absolute atomic E-state index is 0. The van der Waals surface area contributed by atoms with Gasteiger partial charge in [0.15, 0.2) is 5.82 Å². The normalized spacial score (nSPS) is 19.1. The van der Waals surface area contributed by atoms with Crippen molar-refractivity contribution < 1.29 is 4.52 Å². The third-order valence-corrected chi connectivity index (χ3v) is 4.67. The van der Waals surface area contributed by atoms with E-state index in [2.05, 4.69) is 22.4 Å². The smallest absolute Gasteiger partial charge is 0.226 e. The number of hydrogen-bond donors (Lipinski definition) is 1. The summed E-state index contributed by atoms with van der Waals surface area (Å²) in [6.45, 7) is 4.53. The van der Waals surface area contributed by atoms with Gasteiger partial charge in [0.25, 0.3) is 0 Å². The van der Waals surface area contributed by atoms with Crippen molar-refractivity contribution in [1.29, 1.82) is 0 Å². The molecular formula is C17H23Cl2N3O. The van der Waals surface area contributed by atoms with E-state index in [1.165, 1.54) is 12.8 Å². The predicted molar refractivity (Wildman–Crippen MR) is 94.3 cm³/mol. The van der Waals surface area contributed by atoms with Gasteiger partial charge in [-0.25, -0.2) is 0 Å². The monoisotopic (exact) mass is 355 g/mol. The van der Waals surface area contributed by atoms with E-state index in [4.69, 9.17) is 16.1 Å². The molecule has 3 rings (SSSR count). The van der Waals surface area contributed by atoms with Crippen LogP contribution in [0.5, 0.6) is 0 Å². The minimum atomic E-state index is 0. The van der Waals surface area contributed by atoms with Crippen LogP contribution in [0.4, 0.5) is 0 Å². The standard InChI is InChI=1S/C17H22ClN3O.ClH/c1-12(14-3-2-8-19-11-14)9-17-20-16(21-22-17)10-13-4-6-15(18)7-5-13;/h4-7,12,14,19H,2-3,8-11H2,1H3;1H. The summed E-state index contributed by atoms with van der Waals surface area (Å²) in [5, 5.41) is 8.31. The van der Waals surface area contributed by atoms with Crippen LogP contribution in [0.2, 0.25) is 5.02 Å². The van der Waals surface area contributed by atoms with Gasteiger partial charge in [0.05, 0.1) is 0 Å². The summed E-state index contributed by atoms with van der Waals surface area (Å²) in [5.41, 5.74) is 1.14. The largest absolute Gasteiger partial charge is 0.339 e. The van der Waals surface area contributed by atoms with Crippen LogP contribution in [-0.4, -0.2) is 23.2 Å². The van der Waals surface area contributed by atoms with Gasteiger partial charge in [0.1, 0.15) is 0 Å². The molecule has 0 spiro atoms. The second-order valence-electron chi connectivity index (χ2n) is 6.20. The van der Waals surface area contributed by atoms with Gasteiger partial charge >= 0.3 is 0 Å². The number of piperidine rings is 1. The van der Waals surface area contributed by atoms with E-state index in [0.29, 0.717) is 18.3 Å². The first-order chi connectivity index (χ1) is 10.7. The fourth-order valence-corrected chi connectivity index (χ4v) is 3.16. The Balaban J connectivity index is 0.00000192. The lowest BCUT2D eigenvalue weighted by Gasteiger charge is -2.27. The maximum Gasteiger partial charge on any atom is 0.226 e. The molecule has 2 aromatic rings. The van der Waals surface area contributed by atoms with E-state index in [-0.39, 0.29) is 12.4 Å². The van der Waals surface area contributed by atoms with Crippen LogP contribution in [-0.2, 0) is 12.8 Å². The zero-order valence-electron chi connectivity index (χ0n) is 13.3. The lowest BCUT2D eigenvalue weighted by Crippen LogP contribution is -2.33. The Bertz CT molecular complexity index is 594. The van der Waals surface area contributed by atoms with Crippen molar-refractivity contribution in [2.75, 3.05) is 13.1 Å². The quantitative estimate of drug-likeness (QED) is 0.882. The number of aromatic nitrogens is 2. The zero-order valence-corrected chi connectivity index (χ0v) is 14.9. The fourth-order valence-electron chi connectivity index (χ4n) is 3.04. The summed E-state index contributed by atoms with van der Waals surface area (Å²) >= 11 is 5.89. The summed E-state index contributed by atoms with van der Waals surface area (Å²) < 4.78 is 5.41. The summed E-state index contributed by atoms with van der Waals surface area (Å²) in [4.78, 5) is 4.53. The maximum absolute atomic E-state index is 5.89. The van der Waals surface area contributed by atoms with Gasteiger partial charge in [0.2, 0.25) is 5.89 Å². The Morgan fingerprint density at radius 2 is 2.13 bits per heavy atom. The first-order valence-corrected chi connectivity index (χ1v) is 8.35. The third kappa shape index (κ3) is 5.20. The van der Waals surface area contributed by atoms with E-state index >= 15 is 0 Å². The SMILES string of the molecule is CC(Cc1nc(Cc2ccc(Cl)cc2)no1)C1CCCNC1.Cl. The number of rotatable bonds is 5. The molecule has 6 heteroatoms. The van der Waals surface area contributed by atoms with Crippen LogP contribution in [0.3, 0.4) is 0 Å². The number of nitrogens with zero attached hydrogens (tertiary/aromatic N) is 2. The lowest BCUT2D eigenvalue weighted by molar-refractivity contribution is 0.256. The van der Waals surface area contributed by atoms with Crippen molar-refractivity contribution in [2.45, 2.75) is 32.6 Å². The lowest BCUT2D eigenvalue weighted by atomic mass is 9.85. The van der Waals surface area contributed by atoms with Crippen LogP contribution in [0.15, 0.2) is 28.8 Å². The highest BCUT2D eigenvalue weighted by molar-refractivity contribution is 6.30. The number of hydrogen-bond acceptors (Lipinski definition) is 4. The molecule has 2 unspecified atom stereocenters. The van der Waals surface area contributed by atoms with Gasteiger partial charge in [-0.05, 0) is 55.5 Å². The number of halogens is 2. The molecule has 0 saturated carbocycles. The van der Waals surface area contributed by atoms with E-state index < -0.39 is 0 Å². The van der Waals surface area contributed by atoms with E-state index in [1.807, 2.05) is 24.3 Å². The summed E-state index contributed by atoms with van der Waals surface area (Å²) in [6, 6.07) is 7.76. The molecule has 4 nitrogen and oxygen atoms in total. The minimum Gasteiger partial charge on any atom is -0.339 e. The van der Waals surface area contributed by atoms with E-state index in [9.17, 15) is 0 Å². The topological polar surface area (TPSA) is 51.0 Å². The van der Waals surface area contributed by atoms with Crippen LogP contribution in [0, 0.1) is 11.8 Å². The third-order valence-electron chi connectivity index (χ3n) is 4.42. The Hall–Kier alpha value is -1.10. The Morgan fingerprint density at radius 3 is 2.83 bits per heavy atom. The molecule has 1 aromatic heterocycles. The second kappa shape index (κ2) is 8.67. The average molecular weight is 356 g/mol. The number of benzene rings is 1. The van der Waals surface area contributed by atoms with Gasteiger partial charge in [-0.2, -0.15) is 4.98 Å². The van der Waals surface area contributed by atoms with Crippen molar-refractivity contribution in [3.63, 3.8) is 0 Å². The molecule has 2 atom stereocenters. The Kier molecular flexibility index (Phi) is 6.88. The molecule has 0 bridgehead atoms. The van der Waals surface area contributed by atoms with E-state index in [1.54, 1.807) is 0 Å². The van der Waals surface area contributed by atoms with Gasteiger partial charge < -0.3 is 9.84 Å². The van der Waals surface area contributed by atoms with E-state index in [0.717, 1.165) is 41.8 Å². The van der Waals surface area contributed by atoms with Gasteiger partial charge in [-0.1, -0.05) is 35.8 Å². The van der Waals surface area contributed by atoms with Crippen molar-refractivity contribution >= 4 is 24.0 Å². The number of nitrogens with one attached hydrogen (secondary N) is 1. The first-order valence-electron chi connectivity index (χ1n) is 7.97. The summed E-state index contributed by atoms with van der Waals surface area (Å²) in [7, 11) is 0. The summed E-state index contributed by atoms with van der Waals surface area (Å²) in [6.07, 6.45) is 4.10. The average Bonchev–Trinajstić information content (AvgIpc) is 2.97. The molecule has 0 aliphatic carbocycles. The zero-order chi connectivity index (χ0) is 15.4. The molecule has 126 valence electrons. The van der Waals surface area contributed by atoms with Crippen molar-refractivity contribution in [3.8, 4) is 0 Å². The van der Waals surface area contributed by atoms with Crippen LogP contribution >= 0.6 is 24.0 Å². The second-order valence-corrected chi connectivity index (χ2v) is 6.63. The molecule has 1 aliphatic heterocycles. The molecular weight excluding hydrogens is 333 g/mol. The molecule has 0 radical (unpaired) electrons. The molecule has 1 N–H and O–H groups in total. The van der Waals surface area contributed by atoms with Crippen LogP contribution in [0.25, 0.3) is 0 Å². The molecule has 1 saturated heterocycles. The van der Waals surface area contributed by atoms with Crippen molar-refractivity contribution in [2.24, 2.45) is 11.8 Å². The van der Waals surface area contributed by atoms with Gasteiger partial charge in [-0.3, -0.25) is 0 Å². The predicted octanol–water partition coefficient (Wildman–Crippen LogP) is 3.91. The Labute approximate surface area is 148 Å². The van der Waals surface area contributed by atoms with Crippen LogP contribution in [0.1, 0.15) is 37.0 Å². The molecule has 0 amide bonds. The molecule has 1 aliphatic rings. The van der Waals surface area contributed by atoms with Gasteiger partial charge in [-0.15, -0.1) is 12.4 Å². The van der Waals surface area contributed by atoms with Crippen LogP contribution < -0.4 is 5.32 Å². The molecule has 2 heterocycles. The van der Waals surface area contributed by atoms with Crippen molar-refractivity contribution in [1.82, 2.24) is 15.5 Å². The highest BCUT2D eigenvalue weighted by Gasteiger charge is 2.22. The Morgan fingerprint density at radius 1 is 1.35 bits per heavy atom. The van der Waals surface area contributed by atoms with Crippen molar-refractivity contribution in [3.05, 3.63) is 46.6 Å². The fraction of sp³-hybridized carbons (Fsp3) is 0.529. The molecule has 1 fully saturated rings. The molecule has 23 heavy (non-hydrogen) atoms. The highest BCUT2D eigenvalue weighted by Crippen LogP contribution is 2.23. The first kappa shape index (κ1) is 18.2. The molecule has 1 aromatic carbocycles. The summed E-state index contributed by atoms with van der Waals surface area (Å²) in [5.74, 6) is 2.77.